The van der Waals surface area contributed by atoms with Crippen molar-refractivity contribution in [1.29, 1.82) is 0 Å². The number of rotatable bonds is 5. The van der Waals surface area contributed by atoms with E-state index in [4.69, 9.17) is 27.6 Å². The first-order chi connectivity index (χ1) is 10.7. The fourth-order valence-electron chi connectivity index (χ4n) is 2.62. The average molecular weight is 385 g/mol. The highest BCUT2D eigenvalue weighted by Gasteiger charge is 2.27. The summed E-state index contributed by atoms with van der Waals surface area (Å²) in [5, 5.41) is 1.89. The van der Waals surface area contributed by atoms with Gasteiger partial charge in [0.05, 0.1) is 28.2 Å². The van der Waals surface area contributed by atoms with E-state index in [1.807, 2.05) is 23.7 Å². The Morgan fingerprint density at radius 2 is 1.96 bits per heavy atom. The van der Waals surface area contributed by atoms with Gasteiger partial charge in [-0.3, -0.25) is 4.79 Å². The van der Waals surface area contributed by atoms with Crippen LogP contribution >= 0.6 is 23.2 Å². The van der Waals surface area contributed by atoms with Crippen LogP contribution in [0.15, 0.2) is 12.1 Å². The third-order valence-corrected chi connectivity index (χ3v) is 8.18. The van der Waals surface area contributed by atoms with Crippen molar-refractivity contribution >= 4 is 64.0 Å². The van der Waals surface area contributed by atoms with Crippen LogP contribution in [0.3, 0.4) is 0 Å². The molecular formula is C16H20Cl2NO2Si2. The predicted octanol–water partition coefficient (Wildman–Crippen LogP) is 3.32. The topological polar surface area (TPSA) is 31.2 Å². The third-order valence-electron chi connectivity index (χ3n) is 4.01. The Hall–Kier alpha value is -0.756. The van der Waals surface area contributed by atoms with Crippen LogP contribution in [0.5, 0.6) is 0 Å². The lowest BCUT2D eigenvalue weighted by Gasteiger charge is -2.20. The molecule has 1 aromatic carbocycles. The maximum Gasteiger partial charge on any atom is 0.297 e. The van der Waals surface area contributed by atoms with Crippen LogP contribution in [0.2, 0.25) is 13.1 Å². The maximum absolute atomic E-state index is 12.4. The fourth-order valence-corrected chi connectivity index (χ4v) is 4.29. The van der Waals surface area contributed by atoms with Crippen LogP contribution in [0.1, 0.15) is 16.7 Å². The first-order valence-corrected chi connectivity index (χ1v) is 12.1. The van der Waals surface area contributed by atoms with Gasteiger partial charge in [-0.25, -0.2) is 0 Å². The van der Waals surface area contributed by atoms with Gasteiger partial charge in [0.2, 0.25) is 0 Å². The molecule has 3 radical (unpaired) electrons. The van der Waals surface area contributed by atoms with Crippen LogP contribution in [0.4, 0.5) is 0 Å². The lowest BCUT2D eigenvalue weighted by Crippen LogP contribution is -2.37. The second-order valence-electron chi connectivity index (χ2n) is 6.32. The molecule has 0 saturated carbocycles. The third kappa shape index (κ3) is 3.68. The Kier molecular flexibility index (Phi) is 5.66. The van der Waals surface area contributed by atoms with E-state index in [2.05, 4.69) is 30.2 Å². The van der Waals surface area contributed by atoms with Crippen molar-refractivity contribution < 1.29 is 9.22 Å². The molecule has 0 saturated heterocycles. The number of alkyl halides is 2. The van der Waals surface area contributed by atoms with Crippen LogP contribution in [0.25, 0.3) is 10.9 Å². The molecule has 0 unspecified atom stereocenters. The second kappa shape index (κ2) is 7.01. The van der Waals surface area contributed by atoms with E-state index in [-0.39, 0.29) is 12.4 Å². The minimum absolute atomic E-state index is 0.205. The lowest BCUT2D eigenvalue weighted by molar-refractivity contribution is -0.134. The van der Waals surface area contributed by atoms with E-state index in [1.165, 1.54) is 5.56 Å². The average Bonchev–Trinajstić information content (AvgIpc) is 2.75. The molecule has 2 rings (SSSR count). The van der Waals surface area contributed by atoms with Crippen molar-refractivity contribution in [2.45, 2.75) is 39.4 Å². The first-order valence-electron chi connectivity index (χ1n) is 7.38. The van der Waals surface area contributed by atoms with Crippen molar-refractivity contribution in [2.24, 2.45) is 0 Å². The van der Waals surface area contributed by atoms with Crippen molar-refractivity contribution in [2.75, 3.05) is 5.50 Å². The Morgan fingerprint density at radius 3 is 2.52 bits per heavy atom. The standard InChI is InChI=1S/C16H20Cl2NO2Si2/c1-10-5-6-13-15(11(10)2)12(16(22)19(13)8-17)7-14(20)21-23(3,4)9-18/h5-6H,7-9H2,1-4H3. The van der Waals surface area contributed by atoms with Gasteiger partial charge in [0.15, 0.2) is 0 Å². The summed E-state index contributed by atoms with van der Waals surface area (Å²) in [5.41, 5.74) is 4.66. The number of hydrogen-bond donors (Lipinski definition) is 0. The number of carbonyl (C=O) groups is 1. The Balaban J connectivity index is 2.50. The smallest absolute Gasteiger partial charge is 0.297 e. The SMILES string of the molecule is Cc1ccc2c(c1C)c(CC(=O)O[Si](C)(C)CCl)c([Si])n2CCl. The zero-order chi connectivity index (χ0) is 17.4. The quantitative estimate of drug-likeness (QED) is 0.584. The molecule has 0 spiro atoms. The number of nitrogens with zero attached hydrogens (tertiary/aromatic N) is 1. The van der Waals surface area contributed by atoms with Crippen molar-refractivity contribution in [3.05, 3.63) is 28.8 Å². The molecule has 0 bridgehead atoms. The summed E-state index contributed by atoms with van der Waals surface area (Å²) in [6, 6.07) is 4.42. The summed E-state index contributed by atoms with van der Waals surface area (Å²) >= 11 is 12.0. The molecule has 123 valence electrons. The Bertz CT molecular complexity index is 756. The van der Waals surface area contributed by atoms with Gasteiger partial charge in [-0.2, -0.15) is 0 Å². The van der Waals surface area contributed by atoms with Gasteiger partial charge >= 0.3 is 0 Å². The molecule has 0 amide bonds. The van der Waals surface area contributed by atoms with Gasteiger partial charge in [0.25, 0.3) is 14.3 Å². The molecule has 0 atom stereocenters. The lowest BCUT2D eigenvalue weighted by atomic mass is 10.0. The van der Waals surface area contributed by atoms with Gasteiger partial charge < -0.3 is 8.99 Å². The highest BCUT2D eigenvalue weighted by Crippen LogP contribution is 2.27. The molecule has 0 fully saturated rings. The van der Waals surface area contributed by atoms with Gasteiger partial charge in [-0.05, 0) is 55.0 Å². The molecule has 1 aromatic heterocycles. The number of hydrogen-bond acceptors (Lipinski definition) is 2. The molecule has 0 aliphatic heterocycles. The van der Waals surface area contributed by atoms with E-state index >= 15 is 0 Å². The van der Waals surface area contributed by atoms with Gasteiger partial charge in [-0.15, -0.1) is 23.2 Å². The summed E-state index contributed by atoms with van der Waals surface area (Å²) in [6.45, 7) is 7.99. The van der Waals surface area contributed by atoms with Crippen molar-refractivity contribution in [3.63, 3.8) is 0 Å². The fraction of sp³-hybridized carbons (Fsp3) is 0.438. The Morgan fingerprint density at radius 1 is 1.30 bits per heavy atom. The number of halogens is 2. The molecule has 0 N–H and O–H groups in total. The summed E-state index contributed by atoms with van der Waals surface area (Å²) in [7, 11) is 1.52. The van der Waals surface area contributed by atoms with Gasteiger partial charge in [0.1, 0.15) is 0 Å². The van der Waals surface area contributed by atoms with Crippen molar-refractivity contribution in [3.8, 4) is 0 Å². The zero-order valence-corrected chi connectivity index (χ0v) is 17.3. The summed E-state index contributed by atoms with van der Waals surface area (Å²) in [4.78, 5) is 12.4. The van der Waals surface area contributed by atoms with Crippen LogP contribution in [-0.4, -0.2) is 34.6 Å². The minimum Gasteiger partial charge on any atom is -0.518 e. The number of fused-ring (bicyclic) bond motifs is 1. The first kappa shape index (κ1) is 18.6. The second-order valence-corrected chi connectivity index (χ2v) is 11.8. The summed E-state index contributed by atoms with van der Waals surface area (Å²) < 4.78 is 7.56. The van der Waals surface area contributed by atoms with Crippen LogP contribution in [-0.2, 0) is 21.6 Å². The molecule has 3 nitrogen and oxygen atoms in total. The summed E-state index contributed by atoms with van der Waals surface area (Å²) in [6.07, 6.45) is 0.205. The van der Waals surface area contributed by atoms with E-state index in [0.29, 0.717) is 11.5 Å². The Labute approximate surface area is 151 Å². The zero-order valence-electron chi connectivity index (χ0n) is 13.8. The number of aromatic nitrogens is 1. The van der Waals surface area contributed by atoms with E-state index in [1.54, 1.807) is 0 Å². The van der Waals surface area contributed by atoms with E-state index in [0.717, 1.165) is 27.3 Å². The molecule has 1 heterocycles. The summed E-state index contributed by atoms with van der Waals surface area (Å²) in [5.74, 6) is -0.239. The van der Waals surface area contributed by atoms with Gasteiger partial charge in [-0.1, -0.05) is 6.07 Å². The van der Waals surface area contributed by atoms with Crippen LogP contribution in [0, 0.1) is 13.8 Å². The van der Waals surface area contributed by atoms with E-state index < -0.39 is 8.32 Å². The largest absolute Gasteiger partial charge is 0.518 e. The maximum atomic E-state index is 12.4. The molecule has 2 aromatic rings. The molecule has 0 aliphatic carbocycles. The van der Waals surface area contributed by atoms with Crippen LogP contribution < -0.4 is 5.32 Å². The molecule has 0 aliphatic rings. The molecular weight excluding hydrogens is 365 g/mol. The minimum atomic E-state index is -2.14. The van der Waals surface area contributed by atoms with Gasteiger partial charge in [0, 0.05) is 10.9 Å². The highest BCUT2D eigenvalue weighted by atomic mass is 35.5. The van der Waals surface area contributed by atoms with E-state index in [9.17, 15) is 4.79 Å². The normalized spacial score (nSPS) is 12.0. The monoisotopic (exact) mass is 384 g/mol. The molecule has 7 heteroatoms. The number of carbonyl (C=O) groups excluding carboxylic acids is 1. The molecule has 23 heavy (non-hydrogen) atoms. The van der Waals surface area contributed by atoms with Crippen molar-refractivity contribution in [1.82, 2.24) is 4.57 Å². The number of aryl methyl sites for hydroxylation is 2. The number of benzene rings is 1. The highest BCUT2D eigenvalue weighted by molar-refractivity contribution is 6.78. The predicted molar refractivity (Wildman–Crippen MR) is 101 cm³/mol.